The van der Waals surface area contributed by atoms with Gasteiger partial charge in [0, 0.05) is 18.3 Å². The van der Waals surface area contributed by atoms with Gasteiger partial charge in [-0.25, -0.2) is 0 Å². The highest BCUT2D eigenvalue weighted by atomic mass is 28.4. The highest BCUT2D eigenvalue weighted by Crippen LogP contribution is 2.14. The average Bonchev–Trinajstić information content (AvgIpc) is 2.42. The standard InChI is InChI=1S/C21H42O3Si3/c1-16(2)22-25(7,8)19-13-20(26(9,10)23-17(3)4)15-21(14-19)27(11,12)24-18(5)6/h13-18H,1-12H3. The third-order valence-corrected chi connectivity index (χ3v) is 12.8. The predicted octanol–water partition coefficient (Wildman–Crippen LogP) is 4.20. The summed E-state index contributed by atoms with van der Waals surface area (Å²) < 4.78 is 19.2. The first-order valence-corrected chi connectivity index (χ1v) is 19.0. The highest BCUT2D eigenvalue weighted by Gasteiger charge is 2.36. The first-order chi connectivity index (χ1) is 12.1. The maximum absolute atomic E-state index is 6.41. The normalized spacial score (nSPS) is 13.9. The van der Waals surface area contributed by atoms with Crippen LogP contribution in [0.25, 0.3) is 0 Å². The summed E-state index contributed by atoms with van der Waals surface area (Å²) in [6.45, 7) is 26.5. The van der Waals surface area contributed by atoms with Gasteiger partial charge in [-0.15, -0.1) is 0 Å². The van der Waals surface area contributed by atoms with Crippen molar-refractivity contribution in [3.8, 4) is 0 Å². The molecule has 1 rings (SSSR count). The van der Waals surface area contributed by atoms with Crippen LogP contribution in [-0.4, -0.2) is 43.3 Å². The van der Waals surface area contributed by atoms with E-state index in [1.165, 1.54) is 15.6 Å². The van der Waals surface area contributed by atoms with Gasteiger partial charge in [-0.3, -0.25) is 0 Å². The van der Waals surface area contributed by atoms with E-state index in [0.717, 1.165) is 0 Å². The van der Waals surface area contributed by atoms with E-state index in [9.17, 15) is 0 Å². The quantitative estimate of drug-likeness (QED) is 0.554. The Morgan fingerprint density at radius 2 is 0.667 bits per heavy atom. The average molecular weight is 427 g/mol. The summed E-state index contributed by atoms with van der Waals surface area (Å²) in [5, 5.41) is 4.05. The first kappa shape index (κ1) is 24.8. The summed E-state index contributed by atoms with van der Waals surface area (Å²) in [7, 11) is -6.03. The van der Waals surface area contributed by atoms with Crippen LogP contribution in [-0.2, 0) is 13.3 Å². The Hall–Kier alpha value is -0.249. The van der Waals surface area contributed by atoms with E-state index < -0.39 is 25.0 Å². The second kappa shape index (κ2) is 9.05. The minimum Gasteiger partial charge on any atom is -0.411 e. The topological polar surface area (TPSA) is 27.7 Å². The molecule has 1 aromatic carbocycles. The molecule has 0 radical (unpaired) electrons. The van der Waals surface area contributed by atoms with Gasteiger partial charge in [0.1, 0.15) is 0 Å². The molecule has 27 heavy (non-hydrogen) atoms. The predicted molar refractivity (Wildman–Crippen MR) is 126 cm³/mol. The molecule has 0 N–H and O–H groups in total. The van der Waals surface area contributed by atoms with Crippen LogP contribution in [0.5, 0.6) is 0 Å². The van der Waals surface area contributed by atoms with E-state index in [-0.39, 0.29) is 18.3 Å². The Morgan fingerprint density at radius 3 is 0.815 bits per heavy atom. The number of benzene rings is 1. The fourth-order valence-electron chi connectivity index (χ4n) is 3.64. The van der Waals surface area contributed by atoms with Crippen molar-refractivity contribution in [1.82, 2.24) is 0 Å². The van der Waals surface area contributed by atoms with Gasteiger partial charge in [-0.05, 0) is 96.4 Å². The van der Waals surface area contributed by atoms with Gasteiger partial charge in [0.05, 0.1) is 0 Å². The third-order valence-electron chi connectivity index (χ3n) is 4.61. The molecule has 0 saturated carbocycles. The molecule has 0 aliphatic heterocycles. The van der Waals surface area contributed by atoms with Crippen molar-refractivity contribution in [2.24, 2.45) is 0 Å². The maximum atomic E-state index is 6.41. The Balaban J connectivity index is 3.56. The highest BCUT2D eigenvalue weighted by molar-refractivity contribution is 6.90. The molecule has 0 aliphatic rings. The summed E-state index contributed by atoms with van der Waals surface area (Å²) >= 11 is 0. The summed E-state index contributed by atoms with van der Waals surface area (Å²) in [5.74, 6) is 0. The van der Waals surface area contributed by atoms with Gasteiger partial charge >= 0.3 is 0 Å². The zero-order chi connectivity index (χ0) is 21.2. The molecule has 0 aliphatic carbocycles. The molecule has 0 aromatic heterocycles. The van der Waals surface area contributed by atoms with Crippen LogP contribution in [0.2, 0.25) is 39.3 Å². The van der Waals surface area contributed by atoms with E-state index in [1.807, 2.05) is 0 Å². The summed E-state index contributed by atoms with van der Waals surface area (Å²) in [6, 6.07) is 7.10. The minimum absolute atomic E-state index is 0.230. The van der Waals surface area contributed by atoms with Gasteiger partial charge in [-0.2, -0.15) is 0 Å². The van der Waals surface area contributed by atoms with Crippen molar-refractivity contribution in [2.75, 3.05) is 0 Å². The van der Waals surface area contributed by atoms with E-state index in [4.69, 9.17) is 13.3 Å². The molecule has 0 atom stereocenters. The van der Waals surface area contributed by atoms with Crippen molar-refractivity contribution in [3.63, 3.8) is 0 Å². The fraction of sp³-hybridized carbons (Fsp3) is 0.714. The van der Waals surface area contributed by atoms with Crippen LogP contribution < -0.4 is 15.6 Å². The molecule has 3 nitrogen and oxygen atoms in total. The lowest BCUT2D eigenvalue weighted by molar-refractivity contribution is 0.238. The molecule has 0 heterocycles. The second-order valence-corrected chi connectivity index (χ2v) is 21.3. The van der Waals surface area contributed by atoms with Crippen LogP contribution in [0.15, 0.2) is 18.2 Å². The van der Waals surface area contributed by atoms with Crippen molar-refractivity contribution < 1.29 is 13.3 Å². The number of hydrogen-bond donors (Lipinski definition) is 0. The van der Waals surface area contributed by atoms with Crippen LogP contribution >= 0.6 is 0 Å². The zero-order valence-corrected chi connectivity index (χ0v) is 22.7. The molecule has 0 amide bonds. The van der Waals surface area contributed by atoms with Crippen LogP contribution in [0.1, 0.15) is 41.5 Å². The van der Waals surface area contributed by atoms with Crippen molar-refractivity contribution in [3.05, 3.63) is 18.2 Å². The van der Waals surface area contributed by atoms with Gasteiger partial charge in [0.25, 0.3) is 0 Å². The molecule has 156 valence electrons. The summed E-state index contributed by atoms with van der Waals surface area (Å²) in [6.07, 6.45) is 0.689. The van der Waals surface area contributed by atoms with Crippen molar-refractivity contribution in [1.29, 1.82) is 0 Å². The second-order valence-electron chi connectivity index (χ2n) is 9.83. The zero-order valence-electron chi connectivity index (χ0n) is 19.7. The van der Waals surface area contributed by atoms with E-state index in [1.54, 1.807) is 0 Å². The molecule has 0 bridgehead atoms. The minimum atomic E-state index is -2.01. The van der Waals surface area contributed by atoms with Crippen LogP contribution in [0.3, 0.4) is 0 Å². The maximum Gasteiger partial charge on any atom is 0.218 e. The van der Waals surface area contributed by atoms with Crippen LogP contribution in [0, 0.1) is 0 Å². The van der Waals surface area contributed by atoms with E-state index in [0.29, 0.717) is 0 Å². The third kappa shape index (κ3) is 7.25. The first-order valence-electron chi connectivity index (χ1n) is 10.3. The monoisotopic (exact) mass is 426 g/mol. The van der Waals surface area contributed by atoms with Crippen molar-refractivity contribution in [2.45, 2.75) is 99.1 Å². The SMILES string of the molecule is CC(C)O[Si](C)(C)c1cc([Si](C)(C)OC(C)C)cc([Si](C)(C)OC(C)C)c1. The van der Waals surface area contributed by atoms with E-state index in [2.05, 4.69) is 99.0 Å². The molecule has 0 unspecified atom stereocenters. The van der Waals surface area contributed by atoms with Crippen LogP contribution in [0.4, 0.5) is 0 Å². The van der Waals surface area contributed by atoms with E-state index >= 15 is 0 Å². The molecule has 0 saturated heterocycles. The molecular formula is C21H42O3Si3. The summed E-state index contributed by atoms with van der Waals surface area (Å²) in [5.41, 5.74) is 0. The Labute approximate surface area is 171 Å². The number of rotatable bonds is 9. The molecule has 1 aromatic rings. The smallest absolute Gasteiger partial charge is 0.218 e. The van der Waals surface area contributed by atoms with Gasteiger partial charge < -0.3 is 13.3 Å². The lowest BCUT2D eigenvalue weighted by atomic mass is 10.3. The number of hydrogen-bond acceptors (Lipinski definition) is 3. The molecule has 6 heteroatoms. The van der Waals surface area contributed by atoms with Gasteiger partial charge in [0.2, 0.25) is 25.0 Å². The van der Waals surface area contributed by atoms with Gasteiger partial charge in [-0.1, -0.05) is 18.2 Å². The fourth-order valence-corrected chi connectivity index (χ4v) is 11.0. The van der Waals surface area contributed by atoms with Gasteiger partial charge in [0.15, 0.2) is 0 Å². The molecule has 0 fully saturated rings. The largest absolute Gasteiger partial charge is 0.411 e. The lowest BCUT2D eigenvalue weighted by Gasteiger charge is -2.33. The Kier molecular flexibility index (Phi) is 8.31. The van der Waals surface area contributed by atoms with Crippen molar-refractivity contribution >= 4 is 40.5 Å². The molecule has 0 spiro atoms. The Morgan fingerprint density at radius 1 is 0.481 bits per heavy atom. The molecular weight excluding hydrogens is 384 g/mol. The Bertz CT molecular complexity index is 525. The lowest BCUT2D eigenvalue weighted by Crippen LogP contribution is -2.57. The summed E-state index contributed by atoms with van der Waals surface area (Å²) in [4.78, 5) is 0.